The van der Waals surface area contributed by atoms with Crippen molar-refractivity contribution in [3.05, 3.63) is 156 Å². The molecule has 0 radical (unpaired) electrons. The average molecular weight is 721 g/mol. The molecule has 10 heteroatoms. The second-order valence-electron chi connectivity index (χ2n) is 11.2. The molecule has 6 aromatic rings. The Morgan fingerprint density at radius 2 is 1.08 bits per heavy atom. The standard InChI is InChI=1S/C41H30O8S.K/c1-4-28-23-27(2)24-38(25-28)48-37-21-22-39(40(26-37)50(43,44)45)49-36-19-11-32(12-20-36)41(42)31-9-17-35(18-10-31)47-34-15-7-30(8-16-34)29-5-13-33(46-3)14-6-29;/h1,5-26H,2-3H3,(H,43,44,45);/q;+1/p-1. The first-order valence-electron chi connectivity index (χ1n) is 15.3. The van der Waals surface area contributed by atoms with E-state index < -0.39 is 15.0 Å². The van der Waals surface area contributed by atoms with Crippen LogP contribution in [0.5, 0.6) is 40.2 Å². The molecule has 6 aromatic carbocycles. The van der Waals surface area contributed by atoms with Crippen LogP contribution in [0.3, 0.4) is 0 Å². The maximum Gasteiger partial charge on any atom is 1.00 e. The molecule has 0 saturated heterocycles. The van der Waals surface area contributed by atoms with Crippen LogP contribution >= 0.6 is 0 Å². The predicted octanol–water partition coefficient (Wildman–Crippen LogP) is 6.17. The summed E-state index contributed by atoms with van der Waals surface area (Å²) in [6.45, 7) is 1.84. The summed E-state index contributed by atoms with van der Waals surface area (Å²) in [5.41, 5.74) is 4.36. The molecule has 0 spiro atoms. The molecule has 0 heterocycles. The SMILES string of the molecule is C#Cc1cc(C)cc(Oc2ccc(Oc3ccc(C(=O)c4ccc(Oc5ccc(-c6ccc(OC)cc6)cc5)cc4)cc3)c(S(=O)(=O)[O-])c2)c1.[K+]. The Bertz CT molecular complexity index is 2310. The summed E-state index contributed by atoms with van der Waals surface area (Å²) in [4.78, 5) is 12.6. The predicted molar refractivity (Wildman–Crippen MR) is 188 cm³/mol. The number of hydrogen-bond acceptors (Lipinski definition) is 8. The Kier molecular flexibility index (Phi) is 12.2. The van der Waals surface area contributed by atoms with Crippen LogP contribution in [0.4, 0.5) is 0 Å². The van der Waals surface area contributed by atoms with E-state index in [1.165, 1.54) is 24.3 Å². The van der Waals surface area contributed by atoms with Gasteiger partial charge in [0.25, 0.3) is 0 Å². The molecule has 0 atom stereocenters. The number of rotatable bonds is 11. The topological polar surface area (TPSA) is 111 Å². The van der Waals surface area contributed by atoms with E-state index in [9.17, 15) is 17.8 Å². The van der Waals surface area contributed by atoms with E-state index in [-0.39, 0.29) is 74.4 Å². The molecular weight excluding hydrogens is 692 g/mol. The quantitative estimate of drug-likeness (QED) is 0.0677. The fourth-order valence-electron chi connectivity index (χ4n) is 5.14. The van der Waals surface area contributed by atoms with Gasteiger partial charge in [-0.15, -0.1) is 6.42 Å². The largest absolute Gasteiger partial charge is 1.00 e. The van der Waals surface area contributed by atoms with Crippen LogP contribution in [-0.2, 0) is 10.1 Å². The van der Waals surface area contributed by atoms with E-state index in [0.717, 1.165) is 28.5 Å². The van der Waals surface area contributed by atoms with Gasteiger partial charge in [-0.25, -0.2) is 8.42 Å². The Morgan fingerprint density at radius 3 is 1.59 bits per heavy atom. The van der Waals surface area contributed by atoms with Gasteiger partial charge < -0.3 is 23.5 Å². The smallest absolute Gasteiger partial charge is 0.744 e. The van der Waals surface area contributed by atoms with Gasteiger partial charge in [-0.2, -0.15) is 0 Å². The van der Waals surface area contributed by atoms with Crippen molar-refractivity contribution in [1.29, 1.82) is 0 Å². The van der Waals surface area contributed by atoms with E-state index in [2.05, 4.69) is 5.92 Å². The van der Waals surface area contributed by atoms with Gasteiger partial charge in [0.05, 0.1) is 7.11 Å². The molecule has 6 rings (SSSR count). The molecule has 0 aliphatic heterocycles. The molecule has 0 aromatic heterocycles. The molecule has 0 fully saturated rings. The molecule has 0 unspecified atom stereocenters. The summed E-state index contributed by atoms with van der Waals surface area (Å²) in [5, 5.41) is 0. The maximum atomic E-state index is 13.2. The van der Waals surface area contributed by atoms with Crippen molar-refractivity contribution in [2.45, 2.75) is 11.8 Å². The van der Waals surface area contributed by atoms with Gasteiger partial charge in [0.2, 0.25) is 0 Å². The van der Waals surface area contributed by atoms with E-state index in [1.807, 2.05) is 55.5 Å². The zero-order valence-corrected chi connectivity index (χ0v) is 31.9. The number of terminal acetylenes is 1. The number of carbonyl (C=O) groups excluding carboxylic acids is 1. The van der Waals surface area contributed by atoms with Crippen LogP contribution in [0.15, 0.2) is 138 Å². The number of aryl methyl sites for hydroxylation is 1. The molecule has 0 amide bonds. The number of methoxy groups -OCH3 is 1. The number of benzene rings is 6. The van der Waals surface area contributed by atoms with Gasteiger partial charge in [-0.3, -0.25) is 4.79 Å². The minimum absolute atomic E-state index is 0. The number of ketones is 1. The maximum absolute atomic E-state index is 13.2. The van der Waals surface area contributed by atoms with Crippen LogP contribution in [0.1, 0.15) is 27.0 Å². The van der Waals surface area contributed by atoms with Crippen LogP contribution in [0.2, 0.25) is 0 Å². The molecule has 0 N–H and O–H groups in total. The average Bonchev–Trinajstić information content (AvgIpc) is 3.12. The van der Waals surface area contributed by atoms with Crippen LogP contribution < -0.4 is 70.3 Å². The van der Waals surface area contributed by atoms with Crippen LogP contribution in [0.25, 0.3) is 11.1 Å². The molecule has 8 nitrogen and oxygen atoms in total. The summed E-state index contributed by atoms with van der Waals surface area (Å²) < 4.78 is 59.2. The summed E-state index contributed by atoms with van der Waals surface area (Å²) in [6.07, 6.45) is 5.49. The zero-order valence-electron chi connectivity index (χ0n) is 28.0. The van der Waals surface area contributed by atoms with Crippen molar-refractivity contribution in [2.24, 2.45) is 0 Å². The normalized spacial score (nSPS) is 10.7. The van der Waals surface area contributed by atoms with Crippen molar-refractivity contribution in [3.8, 4) is 63.7 Å². The summed E-state index contributed by atoms with van der Waals surface area (Å²) in [5.74, 6) is 4.84. The fourth-order valence-corrected chi connectivity index (χ4v) is 5.75. The van der Waals surface area contributed by atoms with Crippen LogP contribution in [0, 0.1) is 19.3 Å². The summed E-state index contributed by atoms with van der Waals surface area (Å²) in [6, 6.07) is 37.4. The van der Waals surface area contributed by atoms with Gasteiger partial charge in [0.1, 0.15) is 55.3 Å². The summed E-state index contributed by atoms with van der Waals surface area (Å²) >= 11 is 0. The number of carbonyl (C=O) groups is 1. The second-order valence-corrected chi connectivity index (χ2v) is 12.5. The molecule has 248 valence electrons. The van der Waals surface area contributed by atoms with Gasteiger partial charge >= 0.3 is 51.4 Å². The van der Waals surface area contributed by atoms with Crippen molar-refractivity contribution >= 4 is 15.9 Å². The minimum Gasteiger partial charge on any atom is -0.744 e. The first kappa shape index (κ1) is 37.5. The zero-order chi connectivity index (χ0) is 35.3. The van der Waals surface area contributed by atoms with Crippen molar-refractivity contribution in [3.63, 3.8) is 0 Å². The summed E-state index contributed by atoms with van der Waals surface area (Å²) in [7, 11) is -3.31. The molecular formula is C41H29KO8S. The third-order valence-corrected chi connectivity index (χ3v) is 8.47. The Balaban J connectivity index is 0.00000504. The third kappa shape index (κ3) is 9.55. The van der Waals surface area contributed by atoms with E-state index >= 15 is 0 Å². The monoisotopic (exact) mass is 720 g/mol. The number of ether oxygens (including phenoxy) is 4. The Morgan fingerprint density at radius 1 is 0.608 bits per heavy atom. The van der Waals surface area contributed by atoms with Gasteiger partial charge in [0, 0.05) is 22.8 Å². The third-order valence-electron chi connectivity index (χ3n) is 7.61. The van der Waals surface area contributed by atoms with Gasteiger partial charge in [-0.05, 0) is 127 Å². The van der Waals surface area contributed by atoms with Gasteiger partial charge in [0.15, 0.2) is 5.78 Å². The van der Waals surface area contributed by atoms with Crippen molar-refractivity contribution < 1.29 is 88.1 Å². The van der Waals surface area contributed by atoms with Gasteiger partial charge in [-0.1, -0.05) is 30.2 Å². The molecule has 0 bridgehead atoms. The van der Waals surface area contributed by atoms with Crippen LogP contribution in [-0.4, -0.2) is 25.9 Å². The fraction of sp³-hybridized carbons (Fsp3) is 0.0488. The Labute approximate surface area is 339 Å². The first-order chi connectivity index (χ1) is 24.1. The minimum atomic E-state index is -4.94. The van der Waals surface area contributed by atoms with E-state index in [4.69, 9.17) is 25.4 Å². The first-order valence-corrected chi connectivity index (χ1v) is 16.7. The molecule has 0 saturated carbocycles. The van der Waals surface area contributed by atoms with E-state index in [1.54, 1.807) is 61.7 Å². The molecule has 0 aliphatic carbocycles. The second kappa shape index (κ2) is 16.5. The molecule has 0 aliphatic rings. The van der Waals surface area contributed by atoms with Crippen molar-refractivity contribution in [1.82, 2.24) is 0 Å². The van der Waals surface area contributed by atoms with E-state index in [0.29, 0.717) is 33.9 Å². The van der Waals surface area contributed by atoms with Crippen molar-refractivity contribution in [2.75, 3.05) is 7.11 Å². The number of hydrogen-bond donors (Lipinski definition) is 0. The molecule has 51 heavy (non-hydrogen) atoms. The Hall–Kier alpha value is -4.70.